The van der Waals surface area contributed by atoms with Crippen LogP contribution in [0.2, 0.25) is 0 Å². The topological polar surface area (TPSA) is 66.8 Å². The Kier molecular flexibility index (Phi) is 3.34. The number of methoxy groups -OCH3 is 1. The zero-order valence-corrected chi connectivity index (χ0v) is 7.86. The Morgan fingerprint density at radius 2 is 2.14 bits per heavy atom. The summed E-state index contributed by atoms with van der Waals surface area (Å²) in [6.07, 6.45) is 0.542. The molecule has 76 valence electrons. The predicted octanol–water partition coefficient (Wildman–Crippen LogP) is 1.20. The van der Waals surface area contributed by atoms with Crippen molar-refractivity contribution in [3.8, 4) is 11.5 Å². The van der Waals surface area contributed by atoms with Gasteiger partial charge in [0.25, 0.3) is 0 Å². The fourth-order valence-electron chi connectivity index (χ4n) is 1.12. The Labute approximate surface area is 81.8 Å². The molecule has 4 heteroatoms. The summed E-state index contributed by atoms with van der Waals surface area (Å²) in [4.78, 5) is 10.8. The van der Waals surface area contributed by atoms with E-state index in [9.17, 15) is 9.90 Å². The number of aromatic hydroxyl groups is 2. The quantitative estimate of drug-likeness (QED) is 0.563. The molecule has 0 bridgehead atoms. The number of hydrogen-bond acceptors (Lipinski definition) is 4. The summed E-state index contributed by atoms with van der Waals surface area (Å²) < 4.78 is 4.46. The van der Waals surface area contributed by atoms with Crippen LogP contribution in [0.25, 0.3) is 0 Å². The van der Waals surface area contributed by atoms with E-state index in [0.717, 1.165) is 0 Å². The molecular weight excluding hydrogens is 184 g/mol. The van der Waals surface area contributed by atoms with Gasteiger partial charge in [0.1, 0.15) is 0 Å². The number of ether oxygens (including phenoxy) is 1. The SMILES string of the molecule is COC(=O)CCc1cccc(O)c1O. The lowest BCUT2D eigenvalue weighted by atomic mass is 10.1. The van der Waals surface area contributed by atoms with E-state index in [-0.39, 0.29) is 23.9 Å². The summed E-state index contributed by atoms with van der Waals surface area (Å²) in [5.74, 6) is -0.684. The molecule has 4 nitrogen and oxygen atoms in total. The maximum Gasteiger partial charge on any atom is 0.305 e. The number of para-hydroxylation sites is 1. The van der Waals surface area contributed by atoms with E-state index < -0.39 is 0 Å². The number of phenolic OH excluding ortho intramolecular Hbond substituents is 2. The average Bonchev–Trinajstić information content (AvgIpc) is 2.20. The zero-order valence-electron chi connectivity index (χ0n) is 7.86. The van der Waals surface area contributed by atoms with Crippen LogP contribution in [0.3, 0.4) is 0 Å². The van der Waals surface area contributed by atoms with Gasteiger partial charge in [0.05, 0.1) is 7.11 Å². The fourth-order valence-corrected chi connectivity index (χ4v) is 1.12. The Balaban J connectivity index is 2.68. The van der Waals surface area contributed by atoms with Crippen molar-refractivity contribution in [3.63, 3.8) is 0 Å². The molecule has 0 fully saturated rings. The van der Waals surface area contributed by atoms with Crippen molar-refractivity contribution in [1.82, 2.24) is 0 Å². The Bertz CT molecular complexity index is 333. The molecule has 0 spiro atoms. The third-order valence-corrected chi connectivity index (χ3v) is 1.92. The fraction of sp³-hybridized carbons (Fsp3) is 0.300. The molecule has 2 N–H and O–H groups in total. The van der Waals surface area contributed by atoms with Crippen LogP contribution in [0.1, 0.15) is 12.0 Å². The Morgan fingerprint density at radius 3 is 2.79 bits per heavy atom. The number of phenols is 2. The summed E-state index contributed by atoms with van der Waals surface area (Å²) in [5, 5.41) is 18.5. The highest BCUT2D eigenvalue weighted by Crippen LogP contribution is 2.28. The smallest absolute Gasteiger partial charge is 0.305 e. The normalized spacial score (nSPS) is 9.79. The van der Waals surface area contributed by atoms with Crippen molar-refractivity contribution < 1.29 is 19.7 Å². The molecule has 0 heterocycles. The first-order valence-corrected chi connectivity index (χ1v) is 4.21. The number of benzene rings is 1. The Morgan fingerprint density at radius 1 is 1.43 bits per heavy atom. The predicted molar refractivity (Wildman–Crippen MR) is 50.1 cm³/mol. The van der Waals surface area contributed by atoms with Gasteiger partial charge in [0.2, 0.25) is 0 Å². The molecule has 14 heavy (non-hydrogen) atoms. The molecule has 0 atom stereocenters. The minimum Gasteiger partial charge on any atom is -0.504 e. The maximum absolute atomic E-state index is 10.8. The minimum absolute atomic E-state index is 0.170. The van der Waals surface area contributed by atoms with Gasteiger partial charge < -0.3 is 14.9 Å². The van der Waals surface area contributed by atoms with E-state index >= 15 is 0 Å². The second-order valence-electron chi connectivity index (χ2n) is 2.86. The van der Waals surface area contributed by atoms with Crippen LogP contribution < -0.4 is 0 Å². The van der Waals surface area contributed by atoms with Crippen LogP contribution in [-0.4, -0.2) is 23.3 Å². The molecular formula is C10H12O4. The number of rotatable bonds is 3. The third kappa shape index (κ3) is 2.39. The molecule has 0 radical (unpaired) electrons. The highest BCUT2D eigenvalue weighted by molar-refractivity contribution is 5.69. The molecule has 0 amide bonds. The van der Waals surface area contributed by atoms with Crippen LogP contribution in [-0.2, 0) is 16.0 Å². The van der Waals surface area contributed by atoms with E-state index in [2.05, 4.69) is 4.74 Å². The lowest BCUT2D eigenvalue weighted by Gasteiger charge is -2.04. The van der Waals surface area contributed by atoms with Crippen molar-refractivity contribution in [3.05, 3.63) is 23.8 Å². The minimum atomic E-state index is -0.340. The maximum atomic E-state index is 10.8. The summed E-state index contributed by atoms with van der Waals surface area (Å²) in [5.41, 5.74) is 0.537. The van der Waals surface area contributed by atoms with E-state index in [4.69, 9.17) is 5.11 Å². The number of hydrogen-bond donors (Lipinski definition) is 2. The van der Waals surface area contributed by atoms with Crippen LogP contribution in [0.15, 0.2) is 18.2 Å². The van der Waals surface area contributed by atoms with Crippen LogP contribution in [0.5, 0.6) is 11.5 Å². The van der Waals surface area contributed by atoms with E-state index in [1.165, 1.54) is 13.2 Å². The van der Waals surface area contributed by atoms with Gasteiger partial charge in [-0.15, -0.1) is 0 Å². The zero-order chi connectivity index (χ0) is 10.6. The number of carbonyl (C=O) groups excluding carboxylic acids is 1. The van der Waals surface area contributed by atoms with Crippen molar-refractivity contribution in [2.24, 2.45) is 0 Å². The molecule has 0 aromatic heterocycles. The van der Waals surface area contributed by atoms with Crippen molar-refractivity contribution >= 4 is 5.97 Å². The van der Waals surface area contributed by atoms with Crippen LogP contribution in [0.4, 0.5) is 0 Å². The molecule has 0 unspecified atom stereocenters. The van der Waals surface area contributed by atoms with E-state index in [0.29, 0.717) is 12.0 Å². The lowest BCUT2D eigenvalue weighted by molar-refractivity contribution is -0.140. The summed E-state index contributed by atoms with van der Waals surface area (Å²) in [7, 11) is 1.31. The van der Waals surface area contributed by atoms with Gasteiger partial charge in [-0.1, -0.05) is 12.1 Å². The number of aryl methyl sites for hydroxylation is 1. The molecule has 0 saturated heterocycles. The monoisotopic (exact) mass is 196 g/mol. The lowest BCUT2D eigenvalue weighted by Crippen LogP contribution is -2.01. The Hall–Kier alpha value is -1.71. The highest BCUT2D eigenvalue weighted by atomic mass is 16.5. The summed E-state index contributed by atoms with van der Waals surface area (Å²) in [6.45, 7) is 0. The first-order valence-electron chi connectivity index (χ1n) is 4.21. The molecule has 0 aliphatic rings. The van der Waals surface area contributed by atoms with Gasteiger partial charge in [-0.2, -0.15) is 0 Å². The first-order chi connectivity index (χ1) is 6.65. The second-order valence-corrected chi connectivity index (χ2v) is 2.86. The molecule has 1 aromatic carbocycles. The first kappa shape index (κ1) is 10.4. The van der Waals surface area contributed by atoms with Gasteiger partial charge in [-0.25, -0.2) is 0 Å². The van der Waals surface area contributed by atoms with E-state index in [1.807, 2.05) is 0 Å². The number of esters is 1. The standard InChI is InChI=1S/C10H12O4/c1-14-9(12)6-5-7-3-2-4-8(11)10(7)13/h2-4,11,13H,5-6H2,1H3. The van der Waals surface area contributed by atoms with Gasteiger partial charge >= 0.3 is 5.97 Å². The molecule has 1 aromatic rings. The van der Waals surface area contributed by atoms with Crippen molar-refractivity contribution in [1.29, 1.82) is 0 Å². The van der Waals surface area contributed by atoms with Crippen molar-refractivity contribution in [2.45, 2.75) is 12.8 Å². The third-order valence-electron chi connectivity index (χ3n) is 1.92. The van der Waals surface area contributed by atoms with Crippen molar-refractivity contribution in [2.75, 3.05) is 7.11 Å². The highest BCUT2D eigenvalue weighted by Gasteiger charge is 2.07. The summed E-state index contributed by atoms with van der Waals surface area (Å²) >= 11 is 0. The van der Waals surface area contributed by atoms with Gasteiger partial charge in [0, 0.05) is 6.42 Å². The second kappa shape index (κ2) is 4.50. The van der Waals surface area contributed by atoms with Gasteiger partial charge in [0.15, 0.2) is 11.5 Å². The number of carbonyl (C=O) groups is 1. The van der Waals surface area contributed by atoms with Crippen LogP contribution in [0, 0.1) is 0 Å². The van der Waals surface area contributed by atoms with Gasteiger partial charge in [-0.05, 0) is 18.1 Å². The molecule has 1 rings (SSSR count). The van der Waals surface area contributed by atoms with E-state index in [1.54, 1.807) is 12.1 Å². The van der Waals surface area contributed by atoms with Gasteiger partial charge in [-0.3, -0.25) is 4.79 Å². The largest absolute Gasteiger partial charge is 0.504 e. The van der Waals surface area contributed by atoms with Crippen LogP contribution >= 0.6 is 0 Å². The molecule has 0 aliphatic heterocycles. The molecule has 0 aliphatic carbocycles. The summed E-state index contributed by atoms with van der Waals surface area (Å²) in [6, 6.07) is 4.65. The molecule has 0 saturated carbocycles. The average molecular weight is 196 g/mol.